The molecule has 122 valence electrons. The van der Waals surface area contributed by atoms with Crippen molar-refractivity contribution in [2.45, 2.75) is 13.5 Å². The average Bonchev–Trinajstić information content (AvgIpc) is 2.55. The summed E-state index contributed by atoms with van der Waals surface area (Å²) in [6.45, 7) is 5.18. The third-order valence-corrected chi connectivity index (χ3v) is 3.95. The van der Waals surface area contributed by atoms with Crippen molar-refractivity contribution >= 4 is 35.1 Å². The van der Waals surface area contributed by atoms with Crippen molar-refractivity contribution in [3.63, 3.8) is 0 Å². The van der Waals surface area contributed by atoms with Gasteiger partial charge >= 0.3 is 0 Å². The zero-order valence-electron chi connectivity index (χ0n) is 12.8. The van der Waals surface area contributed by atoms with E-state index in [9.17, 15) is 15.2 Å². The van der Waals surface area contributed by atoms with E-state index in [-0.39, 0.29) is 23.6 Å². The van der Waals surface area contributed by atoms with Crippen LogP contribution in [0, 0.1) is 18.3 Å². The topological polar surface area (TPSA) is 78.4 Å². The van der Waals surface area contributed by atoms with Gasteiger partial charge in [-0.3, -0.25) is 14.4 Å². The number of nitriles is 1. The molecule has 0 atom stereocenters. The monoisotopic (exact) mass is 361 g/mol. The van der Waals surface area contributed by atoms with Crippen molar-refractivity contribution < 1.29 is 5.11 Å². The quantitative estimate of drug-likeness (QED) is 0.660. The molecule has 0 fully saturated rings. The number of nitrogens with zero attached hydrogens (tertiary/aromatic N) is 3. The van der Waals surface area contributed by atoms with Gasteiger partial charge in [-0.2, -0.15) is 5.26 Å². The average molecular weight is 362 g/mol. The summed E-state index contributed by atoms with van der Waals surface area (Å²) >= 11 is 12.0. The van der Waals surface area contributed by atoms with Gasteiger partial charge in [-0.15, -0.1) is 6.58 Å². The van der Waals surface area contributed by atoms with Crippen LogP contribution >= 0.6 is 23.2 Å². The van der Waals surface area contributed by atoms with Gasteiger partial charge in [-0.1, -0.05) is 29.3 Å². The molecule has 24 heavy (non-hydrogen) atoms. The molecule has 2 rings (SSSR count). The van der Waals surface area contributed by atoms with Gasteiger partial charge in [0.2, 0.25) is 5.88 Å². The second kappa shape index (κ2) is 7.35. The third-order valence-electron chi connectivity index (χ3n) is 3.40. The maximum Gasteiger partial charge on any atom is 0.271 e. The molecule has 0 unspecified atom stereocenters. The molecule has 1 N–H and O–H groups in total. The van der Waals surface area contributed by atoms with Crippen LogP contribution in [0.5, 0.6) is 5.88 Å². The molecule has 0 aliphatic carbocycles. The fraction of sp³-hybridized carbons (Fsp3) is 0.118. The molecule has 5 nitrogen and oxygen atoms in total. The molecule has 0 spiro atoms. The summed E-state index contributed by atoms with van der Waals surface area (Å²) in [7, 11) is 0. The number of rotatable bonds is 4. The van der Waals surface area contributed by atoms with Gasteiger partial charge in [0.25, 0.3) is 5.56 Å². The van der Waals surface area contributed by atoms with Gasteiger partial charge < -0.3 is 5.11 Å². The van der Waals surface area contributed by atoms with Crippen LogP contribution in [0.3, 0.4) is 0 Å². The number of hydrogen-bond acceptors (Lipinski definition) is 4. The second-order valence-corrected chi connectivity index (χ2v) is 5.75. The Balaban J connectivity index is 2.66. The molecule has 2 aromatic rings. The van der Waals surface area contributed by atoms with Gasteiger partial charge in [0.1, 0.15) is 11.6 Å². The largest absolute Gasteiger partial charge is 0.494 e. The molecule has 0 amide bonds. The number of allylic oxidation sites excluding steroid dienone is 1. The molecule has 1 heterocycles. The first-order valence-corrected chi connectivity index (χ1v) is 7.62. The van der Waals surface area contributed by atoms with Gasteiger partial charge in [-0.05, 0) is 30.7 Å². The normalized spacial score (nSPS) is 10.8. The predicted octanol–water partition coefficient (Wildman–Crippen LogP) is 3.98. The van der Waals surface area contributed by atoms with Crippen molar-refractivity contribution in [2.24, 2.45) is 4.99 Å². The highest BCUT2D eigenvalue weighted by molar-refractivity contribution is 6.35. The SMILES string of the molecule is C=CCn1c(O)c(C=Nc2cc(Cl)ccc2Cl)c(C)c(C#N)c1=O. The fourth-order valence-electron chi connectivity index (χ4n) is 2.14. The van der Waals surface area contributed by atoms with Gasteiger partial charge in [0.15, 0.2) is 0 Å². The molecule has 1 aromatic heterocycles. The smallest absolute Gasteiger partial charge is 0.271 e. The van der Waals surface area contributed by atoms with Crippen molar-refractivity contribution in [1.82, 2.24) is 4.57 Å². The lowest BCUT2D eigenvalue weighted by Crippen LogP contribution is -2.24. The zero-order valence-corrected chi connectivity index (χ0v) is 14.3. The van der Waals surface area contributed by atoms with Crippen molar-refractivity contribution in [2.75, 3.05) is 0 Å². The minimum absolute atomic E-state index is 0.0618. The van der Waals surface area contributed by atoms with Gasteiger partial charge in [-0.25, -0.2) is 0 Å². The molecule has 0 bridgehead atoms. The highest BCUT2D eigenvalue weighted by Gasteiger charge is 2.17. The highest BCUT2D eigenvalue weighted by Crippen LogP contribution is 2.29. The number of aliphatic imine (C=N–C) groups is 1. The van der Waals surface area contributed by atoms with E-state index in [1.807, 2.05) is 6.07 Å². The summed E-state index contributed by atoms with van der Waals surface area (Å²) in [5.41, 5.74) is 0.354. The summed E-state index contributed by atoms with van der Waals surface area (Å²) in [4.78, 5) is 16.4. The van der Waals surface area contributed by atoms with Crippen molar-refractivity contribution in [3.05, 3.63) is 67.9 Å². The Morgan fingerprint density at radius 3 is 2.79 bits per heavy atom. The van der Waals surface area contributed by atoms with Gasteiger partial charge in [0.05, 0.1) is 16.3 Å². The van der Waals surface area contributed by atoms with Crippen LogP contribution in [-0.4, -0.2) is 15.9 Å². The number of halogens is 2. The molecular formula is C17H13Cl2N3O2. The van der Waals surface area contributed by atoms with E-state index < -0.39 is 5.56 Å². The molecule has 0 aliphatic heterocycles. The summed E-state index contributed by atoms with van der Waals surface area (Å²) in [6.07, 6.45) is 2.80. The second-order valence-electron chi connectivity index (χ2n) is 4.91. The van der Waals surface area contributed by atoms with Crippen molar-refractivity contribution in [3.8, 4) is 11.9 Å². The first kappa shape index (κ1) is 17.8. The Hall–Kier alpha value is -2.55. The standard InChI is InChI=1S/C17H13Cl2N3O2/c1-3-6-22-16(23)12(8-20)10(2)13(17(22)24)9-21-15-7-11(18)4-5-14(15)19/h3-5,7,9,24H,1,6H2,2H3. The summed E-state index contributed by atoms with van der Waals surface area (Å²) in [6, 6.07) is 6.66. The van der Waals surface area contributed by atoms with E-state index in [1.54, 1.807) is 25.1 Å². The van der Waals surface area contributed by atoms with Crippen LogP contribution in [0.2, 0.25) is 10.0 Å². The fourth-order valence-corrected chi connectivity index (χ4v) is 2.48. The van der Waals surface area contributed by atoms with Crippen LogP contribution in [0.1, 0.15) is 16.7 Å². The summed E-state index contributed by atoms with van der Waals surface area (Å²) in [5.74, 6) is -0.293. The number of benzene rings is 1. The minimum atomic E-state index is -0.578. The lowest BCUT2D eigenvalue weighted by atomic mass is 10.1. The Bertz CT molecular complexity index is 940. The van der Waals surface area contributed by atoms with Crippen LogP contribution < -0.4 is 5.56 Å². The van der Waals surface area contributed by atoms with Crippen LogP contribution in [0.15, 0.2) is 40.6 Å². The number of hydrogen-bond donors (Lipinski definition) is 1. The van der Waals surface area contributed by atoms with Crippen LogP contribution in [0.4, 0.5) is 5.69 Å². The zero-order chi connectivity index (χ0) is 17.9. The van der Waals surface area contributed by atoms with Crippen molar-refractivity contribution in [1.29, 1.82) is 5.26 Å². The Morgan fingerprint density at radius 2 is 2.17 bits per heavy atom. The maximum atomic E-state index is 12.2. The van der Waals surface area contributed by atoms with E-state index in [1.165, 1.54) is 12.3 Å². The minimum Gasteiger partial charge on any atom is -0.494 e. The summed E-state index contributed by atoms with van der Waals surface area (Å²) in [5, 5.41) is 20.4. The first-order valence-electron chi connectivity index (χ1n) is 6.87. The predicted molar refractivity (Wildman–Crippen MR) is 95.7 cm³/mol. The molecule has 0 aliphatic rings. The van der Waals surface area contributed by atoms with Crippen LogP contribution in [-0.2, 0) is 6.54 Å². The van der Waals surface area contributed by atoms with E-state index in [0.717, 1.165) is 4.57 Å². The Morgan fingerprint density at radius 1 is 1.46 bits per heavy atom. The van der Waals surface area contributed by atoms with E-state index in [0.29, 0.717) is 21.3 Å². The molecular weight excluding hydrogens is 349 g/mol. The summed E-state index contributed by atoms with van der Waals surface area (Å²) < 4.78 is 1.06. The third kappa shape index (κ3) is 3.35. The van der Waals surface area contributed by atoms with E-state index in [2.05, 4.69) is 11.6 Å². The molecule has 0 saturated carbocycles. The Kier molecular flexibility index (Phi) is 5.45. The van der Waals surface area contributed by atoms with E-state index in [4.69, 9.17) is 23.2 Å². The van der Waals surface area contributed by atoms with Gasteiger partial charge in [0, 0.05) is 17.8 Å². The molecule has 0 saturated heterocycles. The highest BCUT2D eigenvalue weighted by atomic mass is 35.5. The first-order chi connectivity index (χ1) is 11.4. The van der Waals surface area contributed by atoms with Crippen LogP contribution in [0.25, 0.3) is 0 Å². The van der Waals surface area contributed by atoms with E-state index >= 15 is 0 Å². The number of aromatic hydroxyl groups is 1. The maximum absolute atomic E-state index is 12.2. The number of aromatic nitrogens is 1. The lowest BCUT2D eigenvalue weighted by molar-refractivity contribution is 0.414. The molecule has 7 heteroatoms. The lowest BCUT2D eigenvalue weighted by Gasteiger charge is -2.12. The molecule has 0 radical (unpaired) electrons. The molecule has 1 aromatic carbocycles. The Labute approximate surface area is 148 Å². The number of pyridine rings is 1.